The second-order valence-electron chi connectivity index (χ2n) is 6.95. The Bertz CT molecular complexity index is 1090. The number of carbonyl (C=O) groups excluding carboxylic acids is 1. The summed E-state index contributed by atoms with van der Waals surface area (Å²) in [5, 5.41) is 2.89. The van der Waals surface area contributed by atoms with Crippen molar-refractivity contribution in [2.24, 2.45) is 0 Å². The third-order valence-corrected chi connectivity index (χ3v) is 5.01. The third kappa shape index (κ3) is 3.51. The highest BCUT2D eigenvalue weighted by Crippen LogP contribution is 2.29. The van der Waals surface area contributed by atoms with Crippen LogP contribution in [0.4, 0.5) is 11.4 Å². The van der Waals surface area contributed by atoms with Crippen molar-refractivity contribution in [1.82, 2.24) is 15.0 Å². The molecule has 7 nitrogen and oxygen atoms in total. The van der Waals surface area contributed by atoms with Crippen LogP contribution in [-0.2, 0) is 17.6 Å². The summed E-state index contributed by atoms with van der Waals surface area (Å²) in [5.74, 6) is 0.225. The molecule has 28 heavy (non-hydrogen) atoms. The van der Waals surface area contributed by atoms with Gasteiger partial charge in [-0.25, -0.2) is 4.98 Å². The van der Waals surface area contributed by atoms with Gasteiger partial charge in [-0.3, -0.25) is 14.6 Å². The van der Waals surface area contributed by atoms with Crippen molar-refractivity contribution >= 4 is 17.3 Å². The number of nitrogens with zero attached hydrogens (tertiary/aromatic N) is 3. The van der Waals surface area contributed by atoms with E-state index in [1.165, 1.54) is 5.56 Å². The summed E-state index contributed by atoms with van der Waals surface area (Å²) in [5.41, 5.74) is 4.52. The fourth-order valence-electron chi connectivity index (χ4n) is 3.45. The van der Waals surface area contributed by atoms with Crippen LogP contribution >= 0.6 is 0 Å². The summed E-state index contributed by atoms with van der Waals surface area (Å²) in [6, 6.07) is 9.46. The van der Waals surface area contributed by atoms with Crippen LogP contribution in [0.3, 0.4) is 0 Å². The zero-order valence-corrected chi connectivity index (χ0v) is 15.8. The molecule has 0 atom stereocenters. The van der Waals surface area contributed by atoms with Gasteiger partial charge in [-0.1, -0.05) is 6.07 Å². The van der Waals surface area contributed by atoms with Crippen LogP contribution in [0, 0.1) is 6.92 Å². The fourth-order valence-corrected chi connectivity index (χ4v) is 3.45. The van der Waals surface area contributed by atoms with Crippen LogP contribution in [-0.4, -0.2) is 34.5 Å². The summed E-state index contributed by atoms with van der Waals surface area (Å²) < 4.78 is 0. The van der Waals surface area contributed by atoms with Crippen LogP contribution in [0.5, 0.6) is 0 Å². The number of H-pyrrole nitrogens is 1. The number of amides is 1. The molecular formula is C21H21N5O2. The third-order valence-electron chi connectivity index (χ3n) is 5.01. The predicted molar refractivity (Wildman–Crippen MR) is 109 cm³/mol. The molecule has 7 heteroatoms. The number of anilines is 2. The number of hydrogen-bond acceptors (Lipinski definition) is 5. The van der Waals surface area contributed by atoms with Crippen LogP contribution in [0.2, 0.25) is 0 Å². The van der Waals surface area contributed by atoms with E-state index < -0.39 is 0 Å². The lowest BCUT2D eigenvalue weighted by molar-refractivity contribution is -0.115. The van der Waals surface area contributed by atoms with E-state index in [4.69, 9.17) is 0 Å². The number of pyridine rings is 1. The number of fused-ring (bicyclic) bond motifs is 1. The van der Waals surface area contributed by atoms with Gasteiger partial charge in [0.15, 0.2) is 0 Å². The van der Waals surface area contributed by atoms with E-state index in [0.717, 1.165) is 29.9 Å². The maximum atomic E-state index is 12.5. The van der Waals surface area contributed by atoms with Gasteiger partial charge in [0.1, 0.15) is 5.82 Å². The molecule has 142 valence electrons. The molecule has 1 amide bonds. The van der Waals surface area contributed by atoms with Crippen LogP contribution in [0.15, 0.2) is 47.5 Å². The predicted octanol–water partition coefficient (Wildman–Crippen LogP) is 2.31. The molecule has 0 unspecified atom stereocenters. The maximum Gasteiger partial charge on any atom is 0.255 e. The molecule has 0 radical (unpaired) electrons. The summed E-state index contributed by atoms with van der Waals surface area (Å²) in [4.78, 5) is 38.4. The van der Waals surface area contributed by atoms with E-state index in [1.54, 1.807) is 31.5 Å². The summed E-state index contributed by atoms with van der Waals surface area (Å²) in [6.07, 6.45) is 4.27. The lowest BCUT2D eigenvalue weighted by Gasteiger charge is -2.14. The largest absolute Gasteiger partial charge is 0.374 e. The van der Waals surface area contributed by atoms with Crippen LogP contribution < -0.4 is 15.8 Å². The van der Waals surface area contributed by atoms with Crippen molar-refractivity contribution in [3.63, 3.8) is 0 Å². The summed E-state index contributed by atoms with van der Waals surface area (Å²) in [7, 11) is 2.04. The molecule has 4 rings (SSSR count). The first-order valence-electron chi connectivity index (χ1n) is 9.15. The minimum Gasteiger partial charge on any atom is -0.374 e. The van der Waals surface area contributed by atoms with Crippen LogP contribution in [0.1, 0.15) is 16.8 Å². The van der Waals surface area contributed by atoms with Gasteiger partial charge < -0.3 is 15.2 Å². The van der Waals surface area contributed by atoms with Gasteiger partial charge in [0.05, 0.1) is 6.42 Å². The van der Waals surface area contributed by atoms with Gasteiger partial charge in [0.25, 0.3) is 5.56 Å². The Kier molecular flexibility index (Phi) is 4.65. The first-order chi connectivity index (χ1) is 13.5. The molecule has 1 aliphatic heterocycles. The van der Waals surface area contributed by atoms with E-state index >= 15 is 0 Å². The first kappa shape index (κ1) is 17.9. The topological polar surface area (TPSA) is 91.0 Å². The number of aromatic nitrogens is 3. The number of aromatic amines is 1. The van der Waals surface area contributed by atoms with Gasteiger partial charge in [0.2, 0.25) is 5.91 Å². The summed E-state index contributed by atoms with van der Waals surface area (Å²) in [6.45, 7) is 2.73. The van der Waals surface area contributed by atoms with Gasteiger partial charge in [-0.15, -0.1) is 0 Å². The number of aryl methyl sites for hydroxylation is 1. The van der Waals surface area contributed by atoms with E-state index in [2.05, 4.69) is 25.2 Å². The smallest absolute Gasteiger partial charge is 0.255 e. The quantitative estimate of drug-likeness (QED) is 0.730. The summed E-state index contributed by atoms with van der Waals surface area (Å²) >= 11 is 0. The highest BCUT2D eigenvalue weighted by Gasteiger charge is 2.17. The highest BCUT2D eigenvalue weighted by atomic mass is 16.2. The van der Waals surface area contributed by atoms with Gasteiger partial charge >= 0.3 is 0 Å². The van der Waals surface area contributed by atoms with Crippen molar-refractivity contribution in [3.8, 4) is 11.4 Å². The number of nitrogens with one attached hydrogen (secondary N) is 2. The Morgan fingerprint density at radius 2 is 2.04 bits per heavy atom. The van der Waals surface area contributed by atoms with Crippen molar-refractivity contribution in [3.05, 3.63) is 69.9 Å². The SMILES string of the molecule is Cc1nc(-c2ccncc2)[nH]c(=O)c1CC(=O)Nc1ccc2c(c1)N(C)CC2. The average Bonchev–Trinajstić information content (AvgIpc) is 3.06. The molecule has 0 saturated heterocycles. The van der Waals surface area contributed by atoms with E-state index in [-0.39, 0.29) is 17.9 Å². The number of carbonyl (C=O) groups is 1. The maximum absolute atomic E-state index is 12.5. The number of likely N-dealkylation sites (N-methyl/N-ethyl adjacent to an activating group) is 1. The Hall–Kier alpha value is -3.48. The normalized spacial score (nSPS) is 12.7. The zero-order valence-electron chi connectivity index (χ0n) is 15.8. The van der Waals surface area contributed by atoms with E-state index in [0.29, 0.717) is 17.1 Å². The Morgan fingerprint density at radius 3 is 2.79 bits per heavy atom. The minimum absolute atomic E-state index is 0.0300. The molecule has 0 fully saturated rings. The molecule has 0 bridgehead atoms. The van der Waals surface area contributed by atoms with Gasteiger partial charge in [-0.05, 0) is 43.2 Å². The van der Waals surface area contributed by atoms with Crippen molar-refractivity contribution in [1.29, 1.82) is 0 Å². The lowest BCUT2D eigenvalue weighted by atomic mass is 10.1. The lowest BCUT2D eigenvalue weighted by Crippen LogP contribution is -2.24. The van der Waals surface area contributed by atoms with E-state index in [9.17, 15) is 9.59 Å². The number of benzene rings is 1. The molecule has 3 aromatic rings. The molecule has 2 aromatic heterocycles. The standard InChI is InChI=1S/C21H21N5O2/c1-13-17(21(28)25-20(23-13)15-5-8-22-9-6-15)12-19(27)24-16-4-3-14-7-10-26(2)18(14)11-16/h3-6,8-9,11H,7,10,12H2,1-2H3,(H,24,27)(H,23,25,28). The Labute approximate surface area is 162 Å². The molecule has 3 heterocycles. The molecule has 0 aliphatic carbocycles. The van der Waals surface area contributed by atoms with Crippen molar-refractivity contribution in [2.75, 3.05) is 23.8 Å². The second kappa shape index (κ2) is 7.26. The van der Waals surface area contributed by atoms with Gasteiger partial charge in [0, 0.05) is 54.2 Å². The van der Waals surface area contributed by atoms with E-state index in [1.807, 2.05) is 25.2 Å². The first-order valence-corrected chi connectivity index (χ1v) is 9.15. The average molecular weight is 375 g/mol. The number of hydrogen-bond donors (Lipinski definition) is 2. The minimum atomic E-state index is -0.303. The molecule has 0 saturated carbocycles. The van der Waals surface area contributed by atoms with Crippen molar-refractivity contribution < 1.29 is 4.79 Å². The highest BCUT2D eigenvalue weighted by molar-refractivity contribution is 5.93. The monoisotopic (exact) mass is 375 g/mol. The Morgan fingerprint density at radius 1 is 1.25 bits per heavy atom. The molecular weight excluding hydrogens is 354 g/mol. The molecule has 2 N–H and O–H groups in total. The number of rotatable bonds is 4. The zero-order chi connectivity index (χ0) is 19.7. The molecule has 1 aromatic carbocycles. The van der Waals surface area contributed by atoms with Gasteiger partial charge in [-0.2, -0.15) is 0 Å². The second-order valence-corrected chi connectivity index (χ2v) is 6.95. The fraction of sp³-hybridized carbons (Fsp3) is 0.238. The molecule has 1 aliphatic rings. The molecule has 0 spiro atoms. The van der Waals surface area contributed by atoms with Crippen LogP contribution in [0.25, 0.3) is 11.4 Å². The van der Waals surface area contributed by atoms with Crippen molar-refractivity contribution in [2.45, 2.75) is 19.8 Å². The Balaban J connectivity index is 1.52.